The molecule has 2 nitrogen and oxygen atoms in total. The topological polar surface area (TPSA) is 26.3 Å². The number of carbonyl (C=O) groups is 1. The van der Waals surface area contributed by atoms with Crippen molar-refractivity contribution < 1.29 is 9.53 Å². The number of hydrogen-bond donors (Lipinski definition) is 0. The smallest absolute Gasteiger partial charge is 0.164 e. The van der Waals surface area contributed by atoms with Crippen LogP contribution in [0.4, 0.5) is 0 Å². The van der Waals surface area contributed by atoms with Crippen molar-refractivity contribution in [2.45, 2.75) is 38.0 Å². The number of fused-ring (bicyclic) bond motifs is 1. The van der Waals surface area contributed by atoms with Gasteiger partial charge in [0.25, 0.3) is 0 Å². The maximum atomic E-state index is 12.6. The Morgan fingerprint density at radius 2 is 1.91 bits per heavy atom. The third kappa shape index (κ3) is 2.33. The summed E-state index contributed by atoms with van der Waals surface area (Å²) in [6.07, 6.45) is 3.81. The maximum absolute atomic E-state index is 12.6. The van der Waals surface area contributed by atoms with Gasteiger partial charge in [0.1, 0.15) is 5.75 Å². The predicted octanol–water partition coefficient (Wildman–Crippen LogP) is 4.76. The summed E-state index contributed by atoms with van der Waals surface area (Å²) < 4.78 is 5.40. The molecule has 0 bridgehead atoms. The fraction of sp³-hybridized carbons (Fsp3) is 0.350. The SMILES string of the molecule is CCCCC1(c2ccccc2)CC(=O)c2ccc(OC)cc21. The van der Waals surface area contributed by atoms with E-state index < -0.39 is 0 Å². The van der Waals surface area contributed by atoms with Gasteiger partial charge in [-0.2, -0.15) is 0 Å². The average molecular weight is 294 g/mol. The first-order valence-electron chi connectivity index (χ1n) is 7.98. The molecule has 1 atom stereocenters. The molecule has 1 unspecified atom stereocenters. The number of ketones is 1. The number of methoxy groups -OCH3 is 1. The molecule has 2 aromatic carbocycles. The van der Waals surface area contributed by atoms with Crippen LogP contribution in [-0.4, -0.2) is 12.9 Å². The van der Waals surface area contributed by atoms with E-state index in [1.807, 2.05) is 18.2 Å². The number of Topliss-reactive ketones (excluding diaryl/α,β-unsaturated/α-hetero) is 1. The molecular weight excluding hydrogens is 272 g/mol. The lowest BCUT2D eigenvalue weighted by atomic mass is 9.72. The van der Waals surface area contributed by atoms with Gasteiger partial charge in [-0.1, -0.05) is 50.1 Å². The van der Waals surface area contributed by atoms with Crippen molar-refractivity contribution in [2.75, 3.05) is 7.11 Å². The van der Waals surface area contributed by atoms with Crippen molar-refractivity contribution in [3.8, 4) is 5.75 Å². The molecule has 0 fully saturated rings. The van der Waals surface area contributed by atoms with Crippen molar-refractivity contribution in [1.82, 2.24) is 0 Å². The van der Waals surface area contributed by atoms with Gasteiger partial charge in [0.15, 0.2) is 5.78 Å². The number of carbonyl (C=O) groups excluding carboxylic acids is 1. The number of rotatable bonds is 5. The molecule has 0 radical (unpaired) electrons. The van der Waals surface area contributed by atoms with Gasteiger partial charge in [-0.15, -0.1) is 0 Å². The van der Waals surface area contributed by atoms with Crippen LogP contribution in [0.1, 0.15) is 54.1 Å². The largest absolute Gasteiger partial charge is 0.497 e. The van der Waals surface area contributed by atoms with Crippen LogP contribution in [0.5, 0.6) is 5.75 Å². The van der Waals surface area contributed by atoms with E-state index in [2.05, 4.69) is 37.3 Å². The predicted molar refractivity (Wildman–Crippen MR) is 88.7 cm³/mol. The van der Waals surface area contributed by atoms with Gasteiger partial charge in [0, 0.05) is 17.4 Å². The van der Waals surface area contributed by atoms with E-state index in [4.69, 9.17) is 4.74 Å². The van der Waals surface area contributed by atoms with Crippen LogP contribution >= 0.6 is 0 Å². The van der Waals surface area contributed by atoms with Crippen molar-refractivity contribution >= 4 is 5.78 Å². The van der Waals surface area contributed by atoms with Gasteiger partial charge in [0.05, 0.1) is 7.11 Å². The summed E-state index contributed by atoms with van der Waals surface area (Å²) in [5.74, 6) is 1.07. The maximum Gasteiger partial charge on any atom is 0.164 e. The number of benzene rings is 2. The first kappa shape index (κ1) is 14.8. The molecule has 0 aromatic heterocycles. The number of hydrogen-bond acceptors (Lipinski definition) is 2. The molecule has 2 heteroatoms. The second kappa shape index (κ2) is 5.96. The van der Waals surface area contributed by atoms with Crippen LogP contribution in [0.25, 0.3) is 0 Å². The summed E-state index contributed by atoms with van der Waals surface area (Å²) in [5.41, 5.74) is 3.04. The summed E-state index contributed by atoms with van der Waals surface area (Å²) in [4.78, 5) is 12.6. The molecule has 22 heavy (non-hydrogen) atoms. The molecule has 3 rings (SSSR count). The zero-order valence-electron chi connectivity index (χ0n) is 13.3. The first-order chi connectivity index (χ1) is 10.7. The van der Waals surface area contributed by atoms with Crippen LogP contribution in [0.2, 0.25) is 0 Å². The van der Waals surface area contributed by atoms with Crippen molar-refractivity contribution in [2.24, 2.45) is 0 Å². The van der Waals surface area contributed by atoms with E-state index in [9.17, 15) is 4.79 Å². The van der Waals surface area contributed by atoms with Crippen LogP contribution in [-0.2, 0) is 5.41 Å². The molecule has 114 valence electrons. The standard InChI is InChI=1S/C20H22O2/c1-3-4-12-20(15-8-6-5-7-9-15)14-19(21)17-11-10-16(22-2)13-18(17)20/h5-11,13H,3-4,12,14H2,1-2H3. The Balaban J connectivity index is 2.18. The van der Waals surface area contributed by atoms with E-state index in [-0.39, 0.29) is 11.2 Å². The monoisotopic (exact) mass is 294 g/mol. The molecule has 0 spiro atoms. The van der Waals surface area contributed by atoms with E-state index in [1.54, 1.807) is 7.11 Å². The molecule has 2 aromatic rings. The zero-order chi connectivity index (χ0) is 15.6. The Labute approximate surface area is 132 Å². The number of ether oxygens (including phenoxy) is 1. The fourth-order valence-electron chi connectivity index (χ4n) is 3.61. The van der Waals surface area contributed by atoms with Gasteiger partial charge in [-0.3, -0.25) is 4.79 Å². The Morgan fingerprint density at radius 1 is 1.14 bits per heavy atom. The van der Waals surface area contributed by atoms with E-state index in [1.165, 1.54) is 5.56 Å². The highest BCUT2D eigenvalue weighted by molar-refractivity contribution is 6.03. The molecule has 0 N–H and O–H groups in total. The Morgan fingerprint density at radius 3 is 2.59 bits per heavy atom. The van der Waals surface area contributed by atoms with Crippen molar-refractivity contribution in [3.05, 3.63) is 65.2 Å². The van der Waals surface area contributed by atoms with Crippen LogP contribution in [0.3, 0.4) is 0 Å². The molecule has 1 aliphatic carbocycles. The minimum atomic E-state index is -0.196. The summed E-state index contributed by atoms with van der Waals surface area (Å²) >= 11 is 0. The Kier molecular flexibility index (Phi) is 4.02. The Bertz CT molecular complexity index is 675. The normalized spacial score (nSPS) is 20.0. The summed E-state index contributed by atoms with van der Waals surface area (Å²) in [5, 5.41) is 0. The summed E-state index contributed by atoms with van der Waals surface area (Å²) in [7, 11) is 1.68. The molecule has 0 heterocycles. The zero-order valence-corrected chi connectivity index (χ0v) is 13.3. The van der Waals surface area contributed by atoms with Crippen molar-refractivity contribution in [1.29, 1.82) is 0 Å². The number of unbranched alkanes of at least 4 members (excludes halogenated alkanes) is 1. The second-order valence-corrected chi connectivity index (χ2v) is 6.06. The van der Waals surface area contributed by atoms with Crippen LogP contribution < -0.4 is 4.74 Å². The minimum Gasteiger partial charge on any atom is -0.497 e. The third-order valence-electron chi connectivity index (χ3n) is 4.79. The average Bonchev–Trinajstić information content (AvgIpc) is 2.86. The third-order valence-corrected chi connectivity index (χ3v) is 4.79. The highest BCUT2D eigenvalue weighted by atomic mass is 16.5. The fourth-order valence-corrected chi connectivity index (χ4v) is 3.61. The van der Waals surface area contributed by atoms with E-state index in [0.29, 0.717) is 6.42 Å². The van der Waals surface area contributed by atoms with E-state index in [0.717, 1.165) is 36.1 Å². The lowest BCUT2D eigenvalue weighted by Crippen LogP contribution is -2.25. The van der Waals surface area contributed by atoms with Gasteiger partial charge in [-0.25, -0.2) is 0 Å². The summed E-state index contributed by atoms with van der Waals surface area (Å²) in [6.45, 7) is 2.20. The van der Waals surface area contributed by atoms with Crippen LogP contribution in [0.15, 0.2) is 48.5 Å². The molecule has 0 saturated carbocycles. The van der Waals surface area contributed by atoms with Gasteiger partial charge < -0.3 is 4.74 Å². The lowest BCUT2D eigenvalue weighted by Gasteiger charge is -2.31. The van der Waals surface area contributed by atoms with Crippen LogP contribution in [0, 0.1) is 0 Å². The minimum absolute atomic E-state index is 0.196. The highest BCUT2D eigenvalue weighted by Crippen LogP contribution is 2.48. The van der Waals surface area contributed by atoms with E-state index >= 15 is 0 Å². The first-order valence-corrected chi connectivity index (χ1v) is 7.98. The van der Waals surface area contributed by atoms with Gasteiger partial charge in [-0.05, 0) is 35.7 Å². The Hall–Kier alpha value is -2.09. The van der Waals surface area contributed by atoms with Gasteiger partial charge in [0.2, 0.25) is 0 Å². The molecule has 1 aliphatic rings. The lowest BCUT2D eigenvalue weighted by molar-refractivity contribution is 0.0977. The quantitative estimate of drug-likeness (QED) is 0.795. The molecular formula is C20H22O2. The molecule has 0 amide bonds. The van der Waals surface area contributed by atoms with Gasteiger partial charge >= 0.3 is 0 Å². The van der Waals surface area contributed by atoms with Crippen molar-refractivity contribution in [3.63, 3.8) is 0 Å². The summed E-state index contributed by atoms with van der Waals surface area (Å²) in [6, 6.07) is 16.3. The highest BCUT2D eigenvalue weighted by Gasteiger charge is 2.44. The molecule has 0 aliphatic heterocycles. The second-order valence-electron chi connectivity index (χ2n) is 6.06. The molecule has 0 saturated heterocycles.